The van der Waals surface area contributed by atoms with Gasteiger partial charge in [-0.2, -0.15) is 0 Å². The highest BCUT2D eigenvalue weighted by Crippen LogP contribution is 2.18. The molecule has 6 heteroatoms. The van der Waals surface area contributed by atoms with Crippen LogP contribution in [0.5, 0.6) is 0 Å². The predicted molar refractivity (Wildman–Crippen MR) is 64.9 cm³/mol. The van der Waals surface area contributed by atoms with E-state index in [1.165, 1.54) is 7.11 Å². The van der Waals surface area contributed by atoms with E-state index < -0.39 is 10.0 Å². The zero-order chi connectivity index (χ0) is 12.2. The highest BCUT2D eigenvalue weighted by Gasteiger charge is 2.11. The maximum atomic E-state index is 11.6. The number of sulfonamides is 1. The molecule has 0 atom stereocenters. The Morgan fingerprint density at radius 2 is 2.12 bits per heavy atom. The van der Waals surface area contributed by atoms with E-state index in [1.54, 1.807) is 25.1 Å². The number of nitrogen functional groups attached to an aromatic ring is 1. The Hall–Kier alpha value is -1.27. The summed E-state index contributed by atoms with van der Waals surface area (Å²) in [4.78, 5) is 0. The number of rotatable bonds is 5. The minimum Gasteiger partial charge on any atom is -0.399 e. The first-order chi connectivity index (χ1) is 7.44. The van der Waals surface area contributed by atoms with E-state index in [4.69, 9.17) is 10.5 Å². The maximum absolute atomic E-state index is 11.6. The molecular formula is C10H16N2O3S. The number of ether oxygens (including phenoxy) is 1. The van der Waals surface area contributed by atoms with Gasteiger partial charge in [-0.1, -0.05) is 0 Å². The molecule has 0 saturated carbocycles. The van der Waals surface area contributed by atoms with Crippen molar-refractivity contribution < 1.29 is 13.2 Å². The van der Waals surface area contributed by atoms with Crippen LogP contribution >= 0.6 is 0 Å². The van der Waals surface area contributed by atoms with Crippen LogP contribution in [0.2, 0.25) is 0 Å². The van der Waals surface area contributed by atoms with Gasteiger partial charge in [0.1, 0.15) is 0 Å². The predicted octanol–water partition coefficient (Wildman–Crippen LogP) is 0.965. The van der Waals surface area contributed by atoms with Crippen LogP contribution < -0.4 is 10.5 Å². The SMILES string of the molecule is COCCS(=O)(=O)Nc1ccc(N)cc1C. The molecule has 1 aromatic rings. The fraction of sp³-hybridized carbons (Fsp3) is 0.400. The van der Waals surface area contributed by atoms with E-state index in [-0.39, 0.29) is 12.4 Å². The van der Waals surface area contributed by atoms with E-state index in [0.717, 1.165) is 5.56 Å². The molecular weight excluding hydrogens is 228 g/mol. The average Bonchev–Trinajstić information content (AvgIpc) is 2.19. The van der Waals surface area contributed by atoms with Crippen LogP contribution in [-0.4, -0.2) is 27.9 Å². The Bertz CT molecular complexity index is 457. The van der Waals surface area contributed by atoms with Crippen LogP contribution in [0.25, 0.3) is 0 Å². The van der Waals surface area contributed by atoms with E-state index in [9.17, 15) is 8.42 Å². The molecule has 0 heterocycles. The highest BCUT2D eigenvalue weighted by atomic mass is 32.2. The number of methoxy groups -OCH3 is 1. The summed E-state index contributed by atoms with van der Waals surface area (Å²) in [6.07, 6.45) is 0. The molecule has 3 N–H and O–H groups in total. The second kappa shape index (κ2) is 5.18. The molecule has 0 aliphatic heterocycles. The van der Waals surface area contributed by atoms with Gasteiger partial charge in [-0.25, -0.2) is 8.42 Å². The van der Waals surface area contributed by atoms with Gasteiger partial charge in [0, 0.05) is 12.8 Å². The molecule has 16 heavy (non-hydrogen) atoms. The maximum Gasteiger partial charge on any atom is 0.235 e. The van der Waals surface area contributed by atoms with Gasteiger partial charge in [-0.3, -0.25) is 4.72 Å². The van der Waals surface area contributed by atoms with Crippen molar-refractivity contribution in [1.29, 1.82) is 0 Å². The molecule has 0 saturated heterocycles. The van der Waals surface area contributed by atoms with Crippen molar-refractivity contribution in [3.63, 3.8) is 0 Å². The smallest absolute Gasteiger partial charge is 0.235 e. The first kappa shape index (κ1) is 12.8. The third kappa shape index (κ3) is 3.71. The molecule has 0 amide bonds. The monoisotopic (exact) mass is 244 g/mol. The summed E-state index contributed by atoms with van der Waals surface area (Å²) in [7, 11) is -1.89. The molecule has 5 nitrogen and oxygen atoms in total. The summed E-state index contributed by atoms with van der Waals surface area (Å²) in [5, 5.41) is 0. The summed E-state index contributed by atoms with van der Waals surface area (Å²) in [5.41, 5.74) is 7.52. The molecule has 0 aliphatic rings. The lowest BCUT2D eigenvalue weighted by Crippen LogP contribution is -2.20. The Kier molecular flexibility index (Phi) is 4.14. The lowest BCUT2D eigenvalue weighted by molar-refractivity contribution is 0.217. The highest BCUT2D eigenvalue weighted by molar-refractivity contribution is 7.92. The van der Waals surface area contributed by atoms with Crippen molar-refractivity contribution in [2.75, 3.05) is 29.9 Å². The van der Waals surface area contributed by atoms with E-state index in [0.29, 0.717) is 11.4 Å². The van der Waals surface area contributed by atoms with Gasteiger partial charge >= 0.3 is 0 Å². The number of hydrogen-bond donors (Lipinski definition) is 2. The number of anilines is 2. The first-order valence-electron chi connectivity index (χ1n) is 4.80. The normalized spacial score (nSPS) is 11.4. The van der Waals surface area contributed by atoms with Gasteiger partial charge in [0.2, 0.25) is 10.0 Å². The van der Waals surface area contributed by atoms with Crippen LogP contribution in [0.1, 0.15) is 5.56 Å². The molecule has 0 aromatic heterocycles. The standard InChI is InChI=1S/C10H16N2O3S/c1-8-7-9(11)3-4-10(8)12-16(13,14)6-5-15-2/h3-4,7,12H,5-6,11H2,1-2H3. The third-order valence-electron chi connectivity index (χ3n) is 2.07. The summed E-state index contributed by atoms with van der Waals surface area (Å²) in [6, 6.07) is 5.02. The van der Waals surface area contributed by atoms with Gasteiger partial charge < -0.3 is 10.5 Å². The fourth-order valence-electron chi connectivity index (χ4n) is 1.21. The number of nitrogens with one attached hydrogen (secondary N) is 1. The Morgan fingerprint density at radius 1 is 1.44 bits per heavy atom. The van der Waals surface area contributed by atoms with Gasteiger partial charge in [0.15, 0.2) is 0 Å². The topological polar surface area (TPSA) is 81.4 Å². The summed E-state index contributed by atoms with van der Waals surface area (Å²) >= 11 is 0. The van der Waals surface area contributed by atoms with Crippen molar-refractivity contribution in [1.82, 2.24) is 0 Å². The summed E-state index contributed by atoms with van der Waals surface area (Å²) < 4.78 is 30.4. The molecule has 0 bridgehead atoms. The molecule has 0 radical (unpaired) electrons. The number of nitrogens with two attached hydrogens (primary N) is 1. The van der Waals surface area contributed by atoms with Gasteiger partial charge in [-0.15, -0.1) is 0 Å². The van der Waals surface area contributed by atoms with E-state index >= 15 is 0 Å². The minimum absolute atomic E-state index is 0.0622. The Labute approximate surface area is 95.7 Å². The molecule has 90 valence electrons. The fourth-order valence-corrected chi connectivity index (χ4v) is 2.27. The lowest BCUT2D eigenvalue weighted by Gasteiger charge is -2.10. The summed E-state index contributed by atoms with van der Waals surface area (Å²) in [6.45, 7) is 1.97. The van der Waals surface area contributed by atoms with Crippen molar-refractivity contribution in [2.45, 2.75) is 6.92 Å². The number of benzene rings is 1. The minimum atomic E-state index is -3.35. The van der Waals surface area contributed by atoms with Gasteiger partial charge in [0.25, 0.3) is 0 Å². The van der Waals surface area contributed by atoms with Crippen LogP contribution in [0.15, 0.2) is 18.2 Å². The van der Waals surface area contributed by atoms with Crippen LogP contribution in [-0.2, 0) is 14.8 Å². The molecule has 1 rings (SSSR count). The van der Waals surface area contributed by atoms with Crippen LogP contribution in [0.4, 0.5) is 11.4 Å². The first-order valence-corrected chi connectivity index (χ1v) is 6.45. The molecule has 0 fully saturated rings. The Balaban J connectivity index is 2.80. The van der Waals surface area contributed by atoms with Gasteiger partial charge in [0.05, 0.1) is 18.0 Å². The quantitative estimate of drug-likeness (QED) is 0.756. The Morgan fingerprint density at radius 3 is 2.69 bits per heavy atom. The third-order valence-corrected chi connectivity index (χ3v) is 3.31. The van der Waals surface area contributed by atoms with E-state index in [2.05, 4.69) is 4.72 Å². The zero-order valence-corrected chi connectivity index (χ0v) is 10.2. The van der Waals surface area contributed by atoms with Gasteiger partial charge in [-0.05, 0) is 30.7 Å². The lowest BCUT2D eigenvalue weighted by atomic mass is 10.2. The van der Waals surface area contributed by atoms with Crippen molar-refractivity contribution in [2.24, 2.45) is 0 Å². The number of aryl methyl sites for hydroxylation is 1. The summed E-state index contributed by atoms with van der Waals surface area (Å²) in [5.74, 6) is -0.0622. The van der Waals surface area contributed by atoms with E-state index in [1.807, 2.05) is 0 Å². The average molecular weight is 244 g/mol. The molecule has 0 aliphatic carbocycles. The second-order valence-electron chi connectivity index (χ2n) is 3.49. The molecule has 0 spiro atoms. The molecule has 0 unspecified atom stereocenters. The largest absolute Gasteiger partial charge is 0.399 e. The second-order valence-corrected chi connectivity index (χ2v) is 5.33. The van der Waals surface area contributed by atoms with Crippen LogP contribution in [0.3, 0.4) is 0 Å². The zero-order valence-electron chi connectivity index (χ0n) is 9.36. The van der Waals surface area contributed by atoms with Crippen molar-refractivity contribution in [3.05, 3.63) is 23.8 Å². The van der Waals surface area contributed by atoms with Crippen molar-refractivity contribution >= 4 is 21.4 Å². The number of hydrogen-bond acceptors (Lipinski definition) is 4. The van der Waals surface area contributed by atoms with Crippen molar-refractivity contribution in [3.8, 4) is 0 Å². The van der Waals surface area contributed by atoms with Crippen LogP contribution in [0, 0.1) is 6.92 Å². The molecule has 1 aromatic carbocycles.